The third-order valence-corrected chi connectivity index (χ3v) is 2.00. The fraction of sp³-hybridized carbons (Fsp3) is 0.125. The van der Waals surface area contributed by atoms with Crippen LogP contribution in [0.4, 0.5) is 5.69 Å². The average molecular weight is 214 g/mol. The molecule has 0 bridgehead atoms. The number of carbonyl (C=O) groups excluding carboxylic acids is 1. The van der Waals surface area contributed by atoms with Crippen molar-refractivity contribution in [1.29, 1.82) is 0 Å². The summed E-state index contributed by atoms with van der Waals surface area (Å²) in [6.07, 6.45) is 0.662. The van der Waals surface area contributed by atoms with E-state index in [-0.39, 0.29) is 0 Å². The SMILES string of the molecule is Cc1ccc(NC=O)c(Br)c1. The Hall–Kier alpha value is -0.830. The molecular formula is C8H8BrNO. The zero-order valence-corrected chi connectivity index (χ0v) is 7.68. The maximum Gasteiger partial charge on any atom is 0.211 e. The van der Waals surface area contributed by atoms with Gasteiger partial charge in [-0.2, -0.15) is 0 Å². The summed E-state index contributed by atoms with van der Waals surface area (Å²) < 4.78 is 0.907. The summed E-state index contributed by atoms with van der Waals surface area (Å²) in [6.45, 7) is 2.00. The zero-order valence-electron chi connectivity index (χ0n) is 6.10. The summed E-state index contributed by atoms with van der Waals surface area (Å²) in [5.74, 6) is 0. The Balaban J connectivity index is 2.98. The molecule has 3 heteroatoms. The summed E-state index contributed by atoms with van der Waals surface area (Å²) in [6, 6.07) is 5.75. The van der Waals surface area contributed by atoms with E-state index in [0.29, 0.717) is 6.41 Å². The van der Waals surface area contributed by atoms with Crippen LogP contribution in [0.5, 0.6) is 0 Å². The molecular weight excluding hydrogens is 206 g/mol. The van der Waals surface area contributed by atoms with Crippen LogP contribution < -0.4 is 5.32 Å². The van der Waals surface area contributed by atoms with Crippen LogP contribution in [0.1, 0.15) is 5.56 Å². The molecule has 0 unspecified atom stereocenters. The lowest BCUT2D eigenvalue weighted by atomic mass is 10.2. The Labute approximate surface area is 73.7 Å². The zero-order chi connectivity index (χ0) is 8.27. The number of carbonyl (C=O) groups is 1. The number of amides is 1. The van der Waals surface area contributed by atoms with Gasteiger partial charge in [-0.25, -0.2) is 0 Å². The lowest BCUT2D eigenvalue weighted by Crippen LogP contribution is -1.94. The minimum Gasteiger partial charge on any atom is -0.328 e. The van der Waals surface area contributed by atoms with Crippen LogP contribution in [-0.2, 0) is 4.79 Å². The van der Waals surface area contributed by atoms with Crippen LogP contribution in [-0.4, -0.2) is 6.41 Å². The van der Waals surface area contributed by atoms with Crippen molar-refractivity contribution in [2.45, 2.75) is 6.92 Å². The topological polar surface area (TPSA) is 29.1 Å². The predicted molar refractivity (Wildman–Crippen MR) is 48.6 cm³/mol. The maximum absolute atomic E-state index is 10.1. The molecule has 58 valence electrons. The Morgan fingerprint density at radius 1 is 1.55 bits per heavy atom. The van der Waals surface area contributed by atoms with Crippen LogP contribution in [0, 0.1) is 6.92 Å². The van der Waals surface area contributed by atoms with Gasteiger partial charge in [0.25, 0.3) is 0 Å². The van der Waals surface area contributed by atoms with Gasteiger partial charge in [-0.15, -0.1) is 0 Å². The number of aryl methyl sites for hydroxylation is 1. The lowest BCUT2D eigenvalue weighted by Gasteiger charge is -2.01. The smallest absolute Gasteiger partial charge is 0.211 e. The second-order valence-electron chi connectivity index (χ2n) is 2.25. The monoisotopic (exact) mass is 213 g/mol. The molecule has 1 rings (SSSR count). The molecule has 2 nitrogen and oxygen atoms in total. The highest BCUT2D eigenvalue weighted by atomic mass is 79.9. The van der Waals surface area contributed by atoms with E-state index in [1.54, 1.807) is 0 Å². The number of rotatable bonds is 2. The highest BCUT2D eigenvalue weighted by Crippen LogP contribution is 2.22. The number of anilines is 1. The first-order valence-corrected chi connectivity index (χ1v) is 3.99. The van der Waals surface area contributed by atoms with E-state index in [1.807, 2.05) is 25.1 Å². The van der Waals surface area contributed by atoms with Crippen LogP contribution in [0.3, 0.4) is 0 Å². The molecule has 0 aromatic heterocycles. The van der Waals surface area contributed by atoms with Crippen molar-refractivity contribution in [3.8, 4) is 0 Å². The first-order valence-electron chi connectivity index (χ1n) is 3.20. The van der Waals surface area contributed by atoms with Gasteiger partial charge in [-0.3, -0.25) is 4.79 Å². The summed E-state index contributed by atoms with van der Waals surface area (Å²) in [5.41, 5.74) is 1.96. The predicted octanol–water partition coefficient (Wildman–Crippen LogP) is 2.33. The van der Waals surface area contributed by atoms with E-state index in [0.717, 1.165) is 15.7 Å². The minimum absolute atomic E-state index is 0.662. The molecule has 0 fully saturated rings. The van der Waals surface area contributed by atoms with E-state index in [9.17, 15) is 4.79 Å². The van der Waals surface area contributed by atoms with Gasteiger partial charge in [0.15, 0.2) is 0 Å². The summed E-state index contributed by atoms with van der Waals surface area (Å²) in [7, 11) is 0. The van der Waals surface area contributed by atoms with Crippen molar-refractivity contribution < 1.29 is 4.79 Å². The second kappa shape index (κ2) is 3.53. The average Bonchev–Trinajstić information content (AvgIpc) is 1.95. The summed E-state index contributed by atoms with van der Waals surface area (Å²) in [4.78, 5) is 10.1. The third-order valence-electron chi connectivity index (χ3n) is 1.34. The molecule has 11 heavy (non-hydrogen) atoms. The fourth-order valence-electron chi connectivity index (χ4n) is 0.801. The van der Waals surface area contributed by atoms with Crippen LogP contribution in [0.2, 0.25) is 0 Å². The quantitative estimate of drug-likeness (QED) is 0.752. The van der Waals surface area contributed by atoms with Gasteiger partial charge in [0.1, 0.15) is 0 Å². The van der Waals surface area contributed by atoms with Gasteiger partial charge in [0.2, 0.25) is 6.41 Å². The summed E-state index contributed by atoms with van der Waals surface area (Å²) >= 11 is 3.33. The van der Waals surface area contributed by atoms with Gasteiger partial charge >= 0.3 is 0 Å². The van der Waals surface area contributed by atoms with Crippen molar-refractivity contribution >= 4 is 28.0 Å². The highest BCUT2D eigenvalue weighted by Gasteiger charge is 1.96. The van der Waals surface area contributed by atoms with Gasteiger partial charge in [-0.05, 0) is 40.5 Å². The van der Waals surface area contributed by atoms with Crippen molar-refractivity contribution in [2.24, 2.45) is 0 Å². The van der Waals surface area contributed by atoms with Crippen molar-refractivity contribution in [2.75, 3.05) is 5.32 Å². The standard InChI is InChI=1S/C8H8BrNO/c1-6-2-3-8(10-5-11)7(9)4-6/h2-5H,1H3,(H,10,11). The van der Waals surface area contributed by atoms with Gasteiger partial charge in [0.05, 0.1) is 5.69 Å². The molecule has 0 heterocycles. The molecule has 1 aromatic carbocycles. The molecule has 0 saturated carbocycles. The Morgan fingerprint density at radius 3 is 2.82 bits per heavy atom. The number of hydrogen-bond donors (Lipinski definition) is 1. The minimum atomic E-state index is 0.662. The van der Waals surface area contributed by atoms with E-state index in [4.69, 9.17) is 0 Å². The molecule has 1 aromatic rings. The third kappa shape index (κ3) is 2.05. The van der Waals surface area contributed by atoms with Gasteiger partial charge < -0.3 is 5.32 Å². The first kappa shape index (κ1) is 8.27. The Morgan fingerprint density at radius 2 is 2.27 bits per heavy atom. The maximum atomic E-state index is 10.1. The van der Waals surface area contributed by atoms with Crippen molar-refractivity contribution in [3.05, 3.63) is 28.2 Å². The molecule has 0 atom stereocenters. The lowest BCUT2D eigenvalue weighted by molar-refractivity contribution is -0.105. The molecule has 1 N–H and O–H groups in total. The van der Waals surface area contributed by atoms with E-state index >= 15 is 0 Å². The summed E-state index contributed by atoms with van der Waals surface area (Å²) in [5, 5.41) is 2.58. The number of nitrogens with one attached hydrogen (secondary N) is 1. The Kier molecular flexibility index (Phi) is 2.65. The van der Waals surface area contributed by atoms with E-state index in [2.05, 4.69) is 21.2 Å². The van der Waals surface area contributed by atoms with Crippen molar-refractivity contribution in [1.82, 2.24) is 0 Å². The molecule has 0 aliphatic carbocycles. The number of halogens is 1. The second-order valence-corrected chi connectivity index (χ2v) is 3.10. The van der Waals surface area contributed by atoms with Crippen LogP contribution in [0.15, 0.2) is 22.7 Å². The molecule has 0 aliphatic heterocycles. The van der Waals surface area contributed by atoms with Gasteiger partial charge in [-0.1, -0.05) is 6.07 Å². The van der Waals surface area contributed by atoms with Gasteiger partial charge in [0, 0.05) is 4.47 Å². The molecule has 0 radical (unpaired) electrons. The molecule has 0 aliphatic rings. The number of hydrogen-bond acceptors (Lipinski definition) is 1. The van der Waals surface area contributed by atoms with Crippen molar-refractivity contribution in [3.63, 3.8) is 0 Å². The van der Waals surface area contributed by atoms with E-state index < -0.39 is 0 Å². The Bertz CT molecular complexity index is 273. The molecule has 0 saturated heterocycles. The van der Waals surface area contributed by atoms with E-state index in [1.165, 1.54) is 0 Å². The first-order chi connectivity index (χ1) is 5.24. The van der Waals surface area contributed by atoms with Crippen LogP contribution >= 0.6 is 15.9 Å². The molecule has 1 amide bonds. The normalized spacial score (nSPS) is 9.27. The largest absolute Gasteiger partial charge is 0.328 e. The fourth-order valence-corrected chi connectivity index (χ4v) is 1.41. The number of benzene rings is 1. The van der Waals surface area contributed by atoms with Crippen LogP contribution in [0.25, 0.3) is 0 Å². The molecule has 0 spiro atoms. The highest BCUT2D eigenvalue weighted by molar-refractivity contribution is 9.10.